The number of likely N-dealkylation sites (tertiary alicyclic amines) is 1. The van der Waals surface area contributed by atoms with E-state index in [1.54, 1.807) is 0 Å². The Kier molecular flexibility index (Phi) is 4.54. The molecule has 0 aromatic carbocycles. The molecule has 2 aliphatic heterocycles. The van der Waals surface area contributed by atoms with Gasteiger partial charge in [-0.15, -0.1) is 0 Å². The van der Waals surface area contributed by atoms with Gasteiger partial charge in [0.05, 0.1) is 12.5 Å². The Hall–Kier alpha value is -1.14. The van der Waals surface area contributed by atoms with Crippen molar-refractivity contribution >= 4 is 11.9 Å². The van der Waals surface area contributed by atoms with Crippen molar-refractivity contribution in [2.75, 3.05) is 32.8 Å². The van der Waals surface area contributed by atoms with Gasteiger partial charge in [-0.1, -0.05) is 0 Å². The molecule has 18 heavy (non-hydrogen) atoms. The molecule has 0 radical (unpaired) electrons. The molecule has 2 fully saturated rings. The molecule has 2 saturated heterocycles. The van der Waals surface area contributed by atoms with E-state index < -0.39 is 5.97 Å². The standard InChI is InChI=1S/C12H20N2O4/c15-11(13-10-2-5-18-6-3-10)8-14-4-1-9(7-14)12(16)17/h9-10H,1-8H2,(H,13,15)(H,16,17). The Labute approximate surface area is 106 Å². The number of nitrogens with one attached hydrogen (secondary N) is 1. The zero-order valence-corrected chi connectivity index (χ0v) is 10.4. The second kappa shape index (κ2) is 6.15. The fourth-order valence-corrected chi connectivity index (χ4v) is 2.50. The zero-order chi connectivity index (χ0) is 13.0. The highest BCUT2D eigenvalue weighted by Gasteiger charge is 2.29. The molecule has 0 spiro atoms. The van der Waals surface area contributed by atoms with Gasteiger partial charge in [0, 0.05) is 25.8 Å². The minimum Gasteiger partial charge on any atom is -0.481 e. The maximum atomic E-state index is 11.8. The van der Waals surface area contributed by atoms with E-state index in [9.17, 15) is 9.59 Å². The average molecular weight is 256 g/mol. The lowest BCUT2D eigenvalue weighted by Gasteiger charge is -2.24. The van der Waals surface area contributed by atoms with Gasteiger partial charge >= 0.3 is 5.97 Å². The molecule has 2 heterocycles. The molecule has 2 N–H and O–H groups in total. The Morgan fingerprint density at radius 3 is 2.61 bits per heavy atom. The fraction of sp³-hybridized carbons (Fsp3) is 0.833. The summed E-state index contributed by atoms with van der Waals surface area (Å²) in [5.74, 6) is -1.09. The first-order valence-electron chi connectivity index (χ1n) is 6.47. The van der Waals surface area contributed by atoms with Crippen molar-refractivity contribution in [2.45, 2.75) is 25.3 Å². The third kappa shape index (κ3) is 3.68. The zero-order valence-electron chi connectivity index (χ0n) is 10.4. The second-order valence-electron chi connectivity index (χ2n) is 5.01. The first-order chi connectivity index (χ1) is 8.65. The number of hydrogen-bond acceptors (Lipinski definition) is 4. The summed E-state index contributed by atoms with van der Waals surface area (Å²) < 4.78 is 5.23. The maximum absolute atomic E-state index is 11.8. The van der Waals surface area contributed by atoms with Crippen molar-refractivity contribution in [1.29, 1.82) is 0 Å². The number of aliphatic carboxylic acids is 1. The number of rotatable bonds is 4. The van der Waals surface area contributed by atoms with Crippen LogP contribution in [0.2, 0.25) is 0 Å². The molecule has 6 heteroatoms. The predicted octanol–water partition coefficient (Wildman–Crippen LogP) is -0.312. The molecule has 0 aromatic heterocycles. The van der Waals surface area contributed by atoms with E-state index in [4.69, 9.17) is 9.84 Å². The van der Waals surface area contributed by atoms with E-state index in [1.807, 2.05) is 4.90 Å². The van der Waals surface area contributed by atoms with Gasteiger partial charge in [0.1, 0.15) is 0 Å². The van der Waals surface area contributed by atoms with Gasteiger partial charge in [-0.25, -0.2) is 0 Å². The van der Waals surface area contributed by atoms with Crippen LogP contribution in [0.1, 0.15) is 19.3 Å². The minimum absolute atomic E-state index is 0.00654. The van der Waals surface area contributed by atoms with Crippen molar-refractivity contribution in [3.05, 3.63) is 0 Å². The van der Waals surface area contributed by atoms with Crippen LogP contribution < -0.4 is 5.32 Å². The lowest BCUT2D eigenvalue weighted by Crippen LogP contribution is -2.43. The third-order valence-corrected chi connectivity index (χ3v) is 3.58. The first kappa shape index (κ1) is 13.3. The molecular weight excluding hydrogens is 236 g/mol. The number of nitrogens with zero attached hydrogens (tertiary/aromatic N) is 1. The molecule has 2 aliphatic rings. The summed E-state index contributed by atoms with van der Waals surface area (Å²) in [5.41, 5.74) is 0. The molecule has 0 bridgehead atoms. The van der Waals surface area contributed by atoms with E-state index in [0.29, 0.717) is 39.3 Å². The summed E-state index contributed by atoms with van der Waals surface area (Å²) in [6.07, 6.45) is 2.37. The van der Waals surface area contributed by atoms with Crippen LogP contribution in [0.15, 0.2) is 0 Å². The highest BCUT2D eigenvalue weighted by Crippen LogP contribution is 2.15. The molecule has 0 aromatic rings. The lowest BCUT2D eigenvalue weighted by molar-refractivity contribution is -0.141. The van der Waals surface area contributed by atoms with Gasteiger partial charge < -0.3 is 15.2 Å². The van der Waals surface area contributed by atoms with Gasteiger partial charge in [0.25, 0.3) is 0 Å². The molecule has 0 aliphatic carbocycles. The van der Waals surface area contributed by atoms with Gasteiger partial charge in [-0.3, -0.25) is 14.5 Å². The predicted molar refractivity (Wildman–Crippen MR) is 64.2 cm³/mol. The number of hydrogen-bond donors (Lipinski definition) is 2. The Bertz CT molecular complexity index is 315. The van der Waals surface area contributed by atoms with Crippen LogP contribution in [0.3, 0.4) is 0 Å². The largest absolute Gasteiger partial charge is 0.481 e. The number of amides is 1. The summed E-state index contributed by atoms with van der Waals surface area (Å²) >= 11 is 0. The van der Waals surface area contributed by atoms with E-state index in [2.05, 4.69) is 5.32 Å². The Morgan fingerprint density at radius 2 is 2.00 bits per heavy atom. The quantitative estimate of drug-likeness (QED) is 0.721. The molecular formula is C12H20N2O4. The third-order valence-electron chi connectivity index (χ3n) is 3.58. The average Bonchev–Trinajstić information content (AvgIpc) is 2.78. The van der Waals surface area contributed by atoms with E-state index in [1.165, 1.54) is 0 Å². The van der Waals surface area contributed by atoms with Crippen molar-refractivity contribution in [1.82, 2.24) is 10.2 Å². The van der Waals surface area contributed by atoms with Gasteiger partial charge in [0.15, 0.2) is 0 Å². The van der Waals surface area contributed by atoms with Crippen molar-refractivity contribution in [3.8, 4) is 0 Å². The normalized spacial score (nSPS) is 26.1. The highest BCUT2D eigenvalue weighted by atomic mass is 16.5. The van der Waals surface area contributed by atoms with Crippen LogP contribution in [-0.2, 0) is 14.3 Å². The van der Waals surface area contributed by atoms with E-state index >= 15 is 0 Å². The Balaban J connectivity index is 1.69. The van der Waals surface area contributed by atoms with Gasteiger partial charge in [0.2, 0.25) is 5.91 Å². The van der Waals surface area contributed by atoms with Crippen molar-refractivity contribution in [2.24, 2.45) is 5.92 Å². The Morgan fingerprint density at radius 1 is 1.28 bits per heavy atom. The van der Waals surface area contributed by atoms with Crippen LogP contribution in [0, 0.1) is 5.92 Å². The van der Waals surface area contributed by atoms with E-state index in [0.717, 1.165) is 12.8 Å². The second-order valence-corrected chi connectivity index (χ2v) is 5.01. The summed E-state index contributed by atoms with van der Waals surface area (Å²) in [5, 5.41) is 11.9. The summed E-state index contributed by atoms with van der Waals surface area (Å²) in [6, 6.07) is 0.212. The molecule has 1 atom stereocenters. The molecule has 0 saturated carbocycles. The van der Waals surface area contributed by atoms with Crippen LogP contribution in [0.25, 0.3) is 0 Å². The van der Waals surface area contributed by atoms with Crippen LogP contribution >= 0.6 is 0 Å². The number of carboxylic acid groups (broad SMARTS) is 1. The number of carbonyl (C=O) groups is 2. The van der Waals surface area contributed by atoms with Gasteiger partial charge in [-0.05, 0) is 25.8 Å². The molecule has 1 unspecified atom stereocenters. The number of ether oxygens (including phenoxy) is 1. The number of carbonyl (C=O) groups excluding carboxylic acids is 1. The maximum Gasteiger partial charge on any atom is 0.307 e. The molecule has 1 amide bonds. The van der Waals surface area contributed by atoms with E-state index in [-0.39, 0.29) is 17.9 Å². The smallest absolute Gasteiger partial charge is 0.307 e. The van der Waals surface area contributed by atoms with Gasteiger partial charge in [-0.2, -0.15) is 0 Å². The molecule has 6 nitrogen and oxygen atoms in total. The van der Waals surface area contributed by atoms with Crippen LogP contribution in [0.5, 0.6) is 0 Å². The SMILES string of the molecule is O=C(CN1CCC(C(=O)O)C1)NC1CCOCC1. The minimum atomic E-state index is -0.762. The lowest BCUT2D eigenvalue weighted by atomic mass is 10.1. The topological polar surface area (TPSA) is 78.9 Å². The molecule has 102 valence electrons. The van der Waals surface area contributed by atoms with Crippen LogP contribution in [-0.4, -0.2) is 60.8 Å². The number of carboxylic acids is 1. The fourth-order valence-electron chi connectivity index (χ4n) is 2.50. The summed E-state index contributed by atoms with van der Waals surface area (Å²) in [7, 11) is 0. The summed E-state index contributed by atoms with van der Waals surface area (Å²) in [4.78, 5) is 24.5. The van der Waals surface area contributed by atoms with Crippen molar-refractivity contribution < 1.29 is 19.4 Å². The molecule has 2 rings (SSSR count). The highest BCUT2D eigenvalue weighted by molar-refractivity contribution is 5.78. The first-order valence-corrected chi connectivity index (χ1v) is 6.47. The van der Waals surface area contributed by atoms with Crippen LogP contribution in [0.4, 0.5) is 0 Å². The summed E-state index contributed by atoms with van der Waals surface area (Å²) in [6.45, 7) is 2.89. The van der Waals surface area contributed by atoms with Crippen molar-refractivity contribution in [3.63, 3.8) is 0 Å². The monoisotopic (exact) mass is 256 g/mol.